The minimum atomic E-state index is -0.0429. The summed E-state index contributed by atoms with van der Waals surface area (Å²) >= 11 is 0. The Morgan fingerprint density at radius 1 is 1.21 bits per heavy atom. The van der Waals surface area contributed by atoms with Crippen LogP contribution < -0.4 is 4.74 Å². The van der Waals surface area contributed by atoms with E-state index in [-0.39, 0.29) is 6.29 Å². The molecular weight excluding hydrogens is 242 g/mol. The van der Waals surface area contributed by atoms with Crippen LogP contribution in [0.3, 0.4) is 0 Å². The zero-order valence-electron chi connectivity index (χ0n) is 10.9. The number of para-hydroxylation sites is 1. The summed E-state index contributed by atoms with van der Waals surface area (Å²) in [4.78, 5) is 3.19. The van der Waals surface area contributed by atoms with Crippen molar-refractivity contribution in [2.24, 2.45) is 0 Å². The molecule has 0 bridgehead atoms. The number of ether oxygens (including phenoxy) is 3. The number of benzene rings is 1. The molecule has 19 heavy (non-hydrogen) atoms. The van der Waals surface area contributed by atoms with E-state index < -0.39 is 0 Å². The number of fused-ring (bicyclic) bond motifs is 1. The Morgan fingerprint density at radius 2 is 2.21 bits per heavy atom. The number of nitrogens with one attached hydrogen (secondary N) is 1. The molecule has 0 radical (unpaired) electrons. The predicted octanol–water partition coefficient (Wildman–Crippen LogP) is 3.09. The quantitative estimate of drug-likeness (QED) is 0.841. The van der Waals surface area contributed by atoms with Gasteiger partial charge in [0.2, 0.25) is 0 Å². The Hall–Kier alpha value is -1.52. The van der Waals surface area contributed by atoms with Crippen LogP contribution in [-0.4, -0.2) is 31.1 Å². The molecule has 1 aromatic carbocycles. The summed E-state index contributed by atoms with van der Waals surface area (Å²) in [5.41, 5.74) is 1.04. The first-order chi connectivity index (χ1) is 9.43. The molecule has 0 spiro atoms. The molecule has 1 aliphatic rings. The summed E-state index contributed by atoms with van der Waals surface area (Å²) in [6, 6.07) is 8.06. The molecule has 4 nitrogen and oxygen atoms in total. The van der Waals surface area contributed by atoms with Crippen LogP contribution in [0.5, 0.6) is 5.75 Å². The van der Waals surface area contributed by atoms with Crippen LogP contribution in [0, 0.1) is 0 Å². The van der Waals surface area contributed by atoms with Crippen molar-refractivity contribution in [2.75, 3.05) is 19.8 Å². The van der Waals surface area contributed by atoms with E-state index >= 15 is 0 Å². The second kappa shape index (κ2) is 6.08. The summed E-state index contributed by atoms with van der Waals surface area (Å²) in [6.45, 7) is 1.91. The molecule has 1 aromatic heterocycles. The monoisotopic (exact) mass is 261 g/mol. The van der Waals surface area contributed by atoms with Gasteiger partial charge >= 0.3 is 0 Å². The number of hydrogen-bond donors (Lipinski definition) is 1. The fourth-order valence-electron chi connectivity index (χ4n) is 2.35. The Bertz CT molecular complexity index is 517. The third-order valence-electron chi connectivity index (χ3n) is 3.33. The van der Waals surface area contributed by atoms with Crippen LogP contribution in [0.4, 0.5) is 0 Å². The molecule has 0 aliphatic carbocycles. The molecule has 1 N–H and O–H groups in total. The topological polar surface area (TPSA) is 43.5 Å². The Labute approximate surface area is 112 Å². The lowest BCUT2D eigenvalue weighted by Gasteiger charge is -2.22. The average Bonchev–Trinajstić information content (AvgIpc) is 2.94. The normalized spacial score (nSPS) is 19.7. The maximum atomic E-state index is 5.76. The Kier molecular flexibility index (Phi) is 4.01. The molecule has 102 valence electrons. The molecule has 2 aromatic rings. The van der Waals surface area contributed by atoms with Gasteiger partial charge in [0.25, 0.3) is 0 Å². The number of H-pyrrole nitrogens is 1. The van der Waals surface area contributed by atoms with Gasteiger partial charge in [-0.25, -0.2) is 0 Å². The van der Waals surface area contributed by atoms with Crippen molar-refractivity contribution in [3.05, 3.63) is 30.5 Å². The molecule has 1 aliphatic heterocycles. The summed E-state index contributed by atoms with van der Waals surface area (Å²) in [7, 11) is 0. The van der Waals surface area contributed by atoms with Crippen molar-refractivity contribution < 1.29 is 14.2 Å². The zero-order chi connectivity index (χ0) is 12.9. The molecule has 4 heteroatoms. The fraction of sp³-hybridized carbons (Fsp3) is 0.467. The average molecular weight is 261 g/mol. The first-order valence-electron chi connectivity index (χ1n) is 6.85. The van der Waals surface area contributed by atoms with E-state index in [0.29, 0.717) is 13.2 Å². The van der Waals surface area contributed by atoms with E-state index in [1.54, 1.807) is 0 Å². The fourth-order valence-corrected chi connectivity index (χ4v) is 2.35. The molecule has 1 fully saturated rings. The number of aromatic amines is 1. The summed E-state index contributed by atoms with van der Waals surface area (Å²) in [5, 5.41) is 1.16. The Balaban J connectivity index is 1.48. The molecule has 0 amide bonds. The largest absolute Gasteiger partial charge is 0.489 e. The molecule has 2 heterocycles. The van der Waals surface area contributed by atoms with Crippen LogP contribution in [0.2, 0.25) is 0 Å². The number of aromatic nitrogens is 1. The second-order valence-corrected chi connectivity index (χ2v) is 4.71. The smallest absolute Gasteiger partial charge is 0.157 e. The highest BCUT2D eigenvalue weighted by atomic mass is 16.7. The highest BCUT2D eigenvalue weighted by Crippen LogP contribution is 2.23. The molecule has 1 atom stereocenters. The van der Waals surface area contributed by atoms with Crippen LogP contribution in [0.25, 0.3) is 10.9 Å². The van der Waals surface area contributed by atoms with E-state index in [0.717, 1.165) is 36.1 Å². The second-order valence-electron chi connectivity index (χ2n) is 4.71. The third kappa shape index (κ3) is 3.08. The SMILES string of the molecule is c1cc(OCCOC2CCCCO2)c2[nH]ccc2c1. The van der Waals surface area contributed by atoms with Gasteiger partial charge in [0.15, 0.2) is 6.29 Å². The van der Waals surface area contributed by atoms with Crippen LogP contribution >= 0.6 is 0 Å². The minimum absolute atomic E-state index is 0.0429. The molecule has 3 rings (SSSR count). The lowest BCUT2D eigenvalue weighted by atomic mass is 10.2. The van der Waals surface area contributed by atoms with Gasteiger partial charge in [-0.2, -0.15) is 0 Å². The summed E-state index contributed by atoms with van der Waals surface area (Å²) in [5.74, 6) is 0.871. The molecule has 1 saturated heterocycles. The van der Waals surface area contributed by atoms with Gasteiger partial charge in [-0.3, -0.25) is 0 Å². The number of hydrogen-bond acceptors (Lipinski definition) is 3. The highest BCUT2D eigenvalue weighted by Gasteiger charge is 2.13. The lowest BCUT2D eigenvalue weighted by molar-refractivity contribution is -0.165. The van der Waals surface area contributed by atoms with Crippen LogP contribution in [-0.2, 0) is 9.47 Å². The van der Waals surface area contributed by atoms with Gasteiger partial charge in [-0.1, -0.05) is 12.1 Å². The van der Waals surface area contributed by atoms with Crippen molar-refractivity contribution in [2.45, 2.75) is 25.6 Å². The van der Waals surface area contributed by atoms with E-state index in [2.05, 4.69) is 11.1 Å². The van der Waals surface area contributed by atoms with Crippen molar-refractivity contribution in [3.63, 3.8) is 0 Å². The van der Waals surface area contributed by atoms with Crippen molar-refractivity contribution >= 4 is 10.9 Å². The minimum Gasteiger partial charge on any atom is -0.489 e. The maximum absolute atomic E-state index is 5.76. The van der Waals surface area contributed by atoms with Crippen molar-refractivity contribution in [1.82, 2.24) is 4.98 Å². The van der Waals surface area contributed by atoms with Gasteiger partial charge in [0.1, 0.15) is 12.4 Å². The van der Waals surface area contributed by atoms with E-state index in [1.807, 2.05) is 24.4 Å². The standard InChI is InChI=1S/C15H19NO3/c1-2-9-18-14(6-1)19-11-10-17-13-5-3-4-12-7-8-16-15(12)13/h3-5,7-8,14,16H,1-2,6,9-11H2. The first kappa shape index (κ1) is 12.5. The van der Waals surface area contributed by atoms with Crippen molar-refractivity contribution in [1.29, 1.82) is 0 Å². The first-order valence-corrected chi connectivity index (χ1v) is 6.85. The summed E-state index contributed by atoms with van der Waals surface area (Å²) in [6.07, 6.45) is 5.20. The third-order valence-corrected chi connectivity index (χ3v) is 3.33. The van der Waals surface area contributed by atoms with E-state index in [9.17, 15) is 0 Å². The predicted molar refractivity (Wildman–Crippen MR) is 73.3 cm³/mol. The maximum Gasteiger partial charge on any atom is 0.157 e. The van der Waals surface area contributed by atoms with E-state index in [4.69, 9.17) is 14.2 Å². The van der Waals surface area contributed by atoms with Gasteiger partial charge in [0.05, 0.1) is 12.1 Å². The molecule has 0 saturated carbocycles. The van der Waals surface area contributed by atoms with Gasteiger partial charge in [-0.05, 0) is 31.4 Å². The number of rotatable bonds is 5. The van der Waals surface area contributed by atoms with Gasteiger partial charge < -0.3 is 19.2 Å². The van der Waals surface area contributed by atoms with Crippen LogP contribution in [0.1, 0.15) is 19.3 Å². The van der Waals surface area contributed by atoms with Crippen LogP contribution in [0.15, 0.2) is 30.5 Å². The van der Waals surface area contributed by atoms with E-state index in [1.165, 1.54) is 6.42 Å². The van der Waals surface area contributed by atoms with Crippen molar-refractivity contribution in [3.8, 4) is 5.75 Å². The zero-order valence-corrected chi connectivity index (χ0v) is 10.9. The molecule has 1 unspecified atom stereocenters. The molecular formula is C15H19NO3. The summed E-state index contributed by atoms with van der Waals surface area (Å²) < 4.78 is 16.9. The van der Waals surface area contributed by atoms with Gasteiger partial charge in [-0.15, -0.1) is 0 Å². The Morgan fingerprint density at radius 3 is 3.11 bits per heavy atom. The highest BCUT2D eigenvalue weighted by molar-refractivity contribution is 5.85. The van der Waals surface area contributed by atoms with Gasteiger partial charge in [0, 0.05) is 18.2 Å². The lowest BCUT2D eigenvalue weighted by Crippen LogP contribution is -2.24.